The summed E-state index contributed by atoms with van der Waals surface area (Å²) in [6, 6.07) is 32.9. The third-order valence-electron chi connectivity index (χ3n) is 5.90. The molecule has 3 aromatic rings. The molecule has 0 aromatic heterocycles. The molecule has 0 saturated carbocycles. The number of ether oxygens (including phenoxy) is 2. The van der Waals surface area contributed by atoms with E-state index in [0.29, 0.717) is 0 Å². The molecule has 4 rings (SSSR count). The molecule has 2 nitrogen and oxygen atoms in total. The van der Waals surface area contributed by atoms with Crippen LogP contribution in [0.4, 0.5) is 0 Å². The Hall–Kier alpha value is -1.96. The number of benzene rings is 3. The van der Waals surface area contributed by atoms with Crippen LogP contribution in [-0.4, -0.2) is 25.7 Å². The molecule has 0 spiro atoms. The van der Waals surface area contributed by atoms with E-state index in [1.54, 1.807) is 0 Å². The highest BCUT2D eigenvalue weighted by molar-refractivity contribution is 7.95. The molecule has 1 saturated heterocycles. The van der Waals surface area contributed by atoms with Crippen molar-refractivity contribution in [2.24, 2.45) is 5.41 Å². The van der Waals surface area contributed by atoms with E-state index in [4.69, 9.17) is 9.47 Å². The summed E-state index contributed by atoms with van der Waals surface area (Å²) in [4.78, 5) is 0. The lowest BCUT2D eigenvalue weighted by molar-refractivity contribution is -0.202. The van der Waals surface area contributed by atoms with Crippen molar-refractivity contribution in [3.8, 4) is 0 Å². The summed E-state index contributed by atoms with van der Waals surface area (Å²) in [5, 5.41) is 4.18. The largest absolute Gasteiger partial charge is 1.00 e. The quantitative estimate of drug-likeness (QED) is 0.410. The van der Waals surface area contributed by atoms with E-state index in [0.717, 1.165) is 24.9 Å². The summed E-state index contributed by atoms with van der Waals surface area (Å²) in [6.07, 6.45) is 3.03. The first-order valence-electron chi connectivity index (χ1n) is 11.0. The minimum absolute atomic E-state index is 0. The van der Waals surface area contributed by atoms with Crippen molar-refractivity contribution < 1.29 is 21.9 Å². The first-order chi connectivity index (χ1) is 15.0. The van der Waals surface area contributed by atoms with Crippen LogP contribution in [0.1, 0.15) is 20.8 Å². The summed E-state index contributed by atoms with van der Waals surface area (Å²) < 4.78 is 12.1. The highest BCUT2D eigenvalue weighted by Gasteiger charge is 2.44. The van der Waals surface area contributed by atoms with Crippen LogP contribution in [0.2, 0.25) is 0 Å². The van der Waals surface area contributed by atoms with Crippen molar-refractivity contribution >= 4 is 23.2 Å². The Bertz CT molecular complexity index is 897. The van der Waals surface area contributed by atoms with Gasteiger partial charge >= 0.3 is 0 Å². The van der Waals surface area contributed by atoms with E-state index in [2.05, 4.69) is 118 Å². The van der Waals surface area contributed by atoms with Crippen LogP contribution in [0, 0.1) is 5.41 Å². The highest BCUT2D eigenvalue weighted by Crippen LogP contribution is 2.55. The summed E-state index contributed by atoms with van der Waals surface area (Å²) in [5.41, 5.74) is 1.23. The van der Waals surface area contributed by atoms with Crippen LogP contribution < -0.4 is 28.3 Å². The van der Waals surface area contributed by atoms with Crippen molar-refractivity contribution in [3.63, 3.8) is 0 Å². The molecule has 1 heterocycles. The maximum Gasteiger partial charge on any atom is 0.179 e. The van der Waals surface area contributed by atoms with Gasteiger partial charge in [0.1, 0.15) is 23.2 Å². The second kappa shape index (κ2) is 10.8. The topological polar surface area (TPSA) is 18.5 Å². The molecule has 0 bridgehead atoms. The number of rotatable bonds is 6. The maximum absolute atomic E-state index is 6.06. The molecule has 1 aliphatic rings. The molecule has 0 radical (unpaired) electrons. The third-order valence-corrected chi connectivity index (χ3v) is 10.2. The SMILES string of the molecule is C/C(=C\C[P+](c1ccccc1)(c1ccccc1)c1ccccc1)C1OCC(C)(C)CO1.[Cl-]. The molecule has 0 aliphatic carbocycles. The van der Waals surface area contributed by atoms with Crippen LogP contribution >= 0.6 is 7.26 Å². The Balaban J connectivity index is 0.00000289. The average molecular weight is 467 g/mol. The van der Waals surface area contributed by atoms with Crippen molar-refractivity contribution in [2.75, 3.05) is 19.4 Å². The summed E-state index contributed by atoms with van der Waals surface area (Å²) in [5.74, 6) is 0. The van der Waals surface area contributed by atoms with Gasteiger partial charge in [0, 0.05) is 5.41 Å². The summed E-state index contributed by atoms with van der Waals surface area (Å²) in [6.45, 7) is 7.94. The van der Waals surface area contributed by atoms with Gasteiger partial charge in [-0.3, -0.25) is 0 Å². The first-order valence-corrected chi connectivity index (χ1v) is 12.9. The standard InChI is InChI=1S/C28H32O2P.ClH/c1-23(27-29-21-28(2,3)22-30-27)19-20-31(24-13-7-4-8-14-24,25-15-9-5-10-16-25)26-17-11-6-12-18-26;/h4-19,27H,20-22H2,1-3H3;1H/q+1;/p-1/b23-19+;. The molecule has 0 unspecified atom stereocenters. The molecule has 4 heteroatoms. The van der Waals surface area contributed by atoms with Crippen LogP contribution in [0.3, 0.4) is 0 Å². The fraction of sp³-hybridized carbons (Fsp3) is 0.286. The Morgan fingerprint density at radius 2 is 1.16 bits per heavy atom. The second-order valence-electron chi connectivity index (χ2n) is 9.07. The zero-order chi connectivity index (χ0) is 21.7. The van der Waals surface area contributed by atoms with E-state index in [-0.39, 0.29) is 24.1 Å². The molecular formula is C28H32ClO2P. The Kier molecular flexibility index (Phi) is 8.31. The monoisotopic (exact) mass is 466 g/mol. The zero-order valence-electron chi connectivity index (χ0n) is 19.1. The van der Waals surface area contributed by atoms with Crippen molar-refractivity contribution in [1.29, 1.82) is 0 Å². The number of halogens is 1. The van der Waals surface area contributed by atoms with E-state index in [1.807, 2.05) is 0 Å². The van der Waals surface area contributed by atoms with Crippen LogP contribution in [0.25, 0.3) is 0 Å². The predicted molar refractivity (Wildman–Crippen MR) is 133 cm³/mol. The smallest absolute Gasteiger partial charge is 0.179 e. The average Bonchev–Trinajstić information content (AvgIpc) is 2.81. The van der Waals surface area contributed by atoms with E-state index in [1.165, 1.54) is 15.9 Å². The zero-order valence-corrected chi connectivity index (χ0v) is 20.7. The number of allylic oxidation sites excluding steroid dienone is 1. The van der Waals surface area contributed by atoms with Gasteiger partial charge in [0.25, 0.3) is 0 Å². The fourth-order valence-electron chi connectivity index (χ4n) is 4.14. The molecule has 168 valence electrons. The summed E-state index contributed by atoms with van der Waals surface area (Å²) >= 11 is 0. The maximum atomic E-state index is 6.06. The van der Waals surface area contributed by atoms with Gasteiger partial charge in [-0.15, -0.1) is 0 Å². The molecule has 1 fully saturated rings. The van der Waals surface area contributed by atoms with Crippen LogP contribution in [0.5, 0.6) is 0 Å². The van der Waals surface area contributed by atoms with Gasteiger partial charge in [0.2, 0.25) is 0 Å². The minimum Gasteiger partial charge on any atom is -1.00 e. The van der Waals surface area contributed by atoms with Gasteiger partial charge in [-0.2, -0.15) is 0 Å². The van der Waals surface area contributed by atoms with Gasteiger partial charge in [-0.25, -0.2) is 0 Å². The Morgan fingerprint density at radius 1 is 0.781 bits per heavy atom. The van der Waals surface area contributed by atoms with E-state index >= 15 is 0 Å². The lowest BCUT2D eigenvalue weighted by Gasteiger charge is -2.35. The first kappa shape index (κ1) is 24.7. The second-order valence-corrected chi connectivity index (χ2v) is 12.6. The fourth-order valence-corrected chi connectivity index (χ4v) is 8.28. The van der Waals surface area contributed by atoms with Gasteiger partial charge in [-0.05, 0) is 55.0 Å². The van der Waals surface area contributed by atoms with E-state index in [9.17, 15) is 0 Å². The Labute approximate surface area is 199 Å². The minimum atomic E-state index is -1.87. The van der Waals surface area contributed by atoms with Crippen LogP contribution in [-0.2, 0) is 9.47 Å². The molecule has 0 amide bonds. The van der Waals surface area contributed by atoms with Crippen molar-refractivity contribution in [3.05, 3.63) is 103 Å². The van der Waals surface area contributed by atoms with Crippen molar-refractivity contribution in [2.45, 2.75) is 27.1 Å². The van der Waals surface area contributed by atoms with Gasteiger partial charge in [-0.1, -0.05) is 68.4 Å². The van der Waals surface area contributed by atoms with Crippen molar-refractivity contribution in [1.82, 2.24) is 0 Å². The molecule has 32 heavy (non-hydrogen) atoms. The van der Waals surface area contributed by atoms with Gasteiger partial charge in [0.05, 0.1) is 19.4 Å². The molecular weight excluding hydrogens is 435 g/mol. The molecule has 3 aromatic carbocycles. The summed E-state index contributed by atoms with van der Waals surface area (Å²) in [7, 11) is -1.87. The van der Waals surface area contributed by atoms with Gasteiger partial charge in [0.15, 0.2) is 6.29 Å². The number of hydrogen-bond acceptors (Lipinski definition) is 2. The molecule has 1 aliphatic heterocycles. The van der Waals surface area contributed by atoms with E-state index < -0.39 is 7.26 Å². The Morgan fingerprint density at radius 3 is 1.53 bits per heavy atom. The highest BCUT2D eigenvalue weighted by atomic mass is 35.5. The lowest BCUT2D eigenvalue weighted by Crippen LogP contribution is -3.00. The normalized spacial score (nSPS) is 16.9. The molecule has 0 atom stereocenters. The lowest BCUT2D eigenvalue weighted by atomic mass is 9.95. The predicted octanol–water partition coefficient (Wildman–Crippen LogP) is 2.33. The number of hydrogen-bond donors (Lipinski definition) is 0. The van der Waals surface area contributed by atoms with Crippen LogP contribution in [0.15, 0.2) is 103 Å². The third kappa shape index (κ3) is 5.33. The van der Waals surface area contributed by atoms with Gasteiger partial charge < -0.3 is 21.9 Å². The molecule has 0 N–H and O–H groups in total.